The van der Waals surface area contributed by atoms with Crippen LogP contribution < -0.4 is 5.32 Å². The van der Waals surface area contributed by atoms with Crippen LogP contribution in [-0.2, 0) is 0 Å². The lowest BCUT2D eigenvalue weighted by molar-refractivity contribution is -0.384. The Balaban J connectivity index is 1.56. The van der Waals surface area contributed by atoms with Gasteiger partial charge in [0.2, 0.25) is 5.82 Å². The van der Waals surface area contributed by atoms with Crippen LogP contribution in [0, 0.1) is 10.1 Å². The van der Waals surface area contributed by atoms with E-state index in [-0.39, 0.29) is 22.8 Å². The van der Waals surface area contributed by atoms with Crippen LogP contribution in [0.4, 0.5) is 11.5 Å². The SMILES string of the molecule is O=[N+]([O-])c1cnc(Sc2nnc(-c3cccs3)o2)nc1NC1CC1. The summed E-state index contributed by atoms with van der Waals surface area (Å²) in [4.78, 5) is 19.7. The van der Waals surface area contributed by atoms with Crippen LogP contribution in [0.25, 0.3) is 10.8 Å². The number of nitrogens with one attached hydrogen (secondary N) is 1. The lowest BCUT2D eigenvalue weighted by Gasteiger charge is -2.05. The van der Waals surface area contributed by atoms with Gasteiger partial charge in [0.05, 0.1) is 9.80 Å². The number of hydrogen-bond donors (Lipinski definition) is 1. The van der Waals surface area contributed by atoms with Gasteiger partial charge < -0.3 is 9.73 Å². The Bertz CT molecular complexity index is 878. The Morgan fingerprint density at radius 2 is 2.29 bits per heavy atom. The van der Waals surface area contributed by atoms with Gasteiger partial charge in [-0.3, -0.25) is 10.1 Å². The summed E-state index contributed by atoms with van der Waals surface area (Å²) in [6, 6.07) is 4.02. The average Bonchev–Trinajstić information content (AvgIpc) is 3.02. The molecule has 0 amide bonds. The highest BCUT2D eigenvalue weighted by atomic mass is 32.2. The molecule has 0 radical (unpaired) electrons. The molecule has 1 saturated carbocycles. The largest absolute Gasteiger partial charge is 0.410 e. The Morgan fingerprint density at radius 3 is 3.00 bits per heavy atom. The first kappa shape index (κ1) is 15.0. The summed E-state index contributed by atoms with van der Waals surface area (Å²) in [5.74, 6) is 0.642. The summed E-state index contributed by atoms with van der Waals surface area (Å²) in [5, 5.41) is 24.5. The minimum absolute atomic E-state index is 0.143. The van der Waals surface area contributed by atoms with Crippen molar-refractivity contribution < 1.29 is 9.34 Å². The molecule has 0 saturated heterocycles. The topological polar surface area (TPSA) is 120 Å². The van der Waals surface area contributed by atoms with Crippen molar-refractivity contribution in [3.05, 3.63) is 33.8 Å². The average molecular weight is 362 g/mol. The summed E-state index contributed by atoms with van der Waals surface area (Å²) >= 11 is 2.56. The number of aromatic nitrogens is 4. The van der Waals surface area contributed by atoms with Crippen LogP contribution in [0.2, 0.25) is 0 Å². The molecule has 1 N–H and O–H groups in total. The van der Waals surface area contributed by atoms with Gasteiger partial charge in [0.25, 0.3) is 11.1 Å². The summed E-state index contributed by atoms with van der Waals surface area (Å²) in [6.07, 6.45) is 3.16. The fraction of sp³-hybridized carbons (Fsp3) is 0.231. The molecule has 0 bridgehead atoms. The first-order valence-electron chi connectivity index (χ1n) is 7.02. The van der Waals surface area contributed by atoms with Crippen LogP contribution >= 0.6 is 23.1 Å². The highest BCUT2D eigenvalue weighted by molar-refractivity contribution is 7.98. The second-order valence-electron chi connectivity index (χ2n) is 5.01. The Kier molecular flexibility index (Phi) is 3.86. The van der Waals surface area contributed by atoms with Gasteiger partial charge in [0, 0.05) is 17.8 Å². The maximum atomic E-state index is 11.1. The van der Waals surface area contributed by atoms with Crippen molar-refractivity contribution in [1.29, 1.82) is 0 Å². The van der Waals surface area contributed by atoms with E-state index in [2.05, 4.69) is 25.5 Å². The zero-order valence-electron chi connectivity index (χ0n) is 12.1. The molecule has 0 aromatic carbocycles. The first-order chi connectivity index (χ1) is 11.7. The second kappa shape index (κ2) is 6.17. The lowest BCUT2D eigenvalue weighted by atomic mass is 10.4. The predicted molar refractivity (Wildman–Crippen MR) is 87.1 cm³/mol. The number of nitrogens with zero attached hydrogens (tertiary/aromatic N) is 5. The fourth-order valence-electron chi connectivity index (χ4n) is 1.90. The van der Waals surface area contributed by atoms with E-state index in [1.54, 1.807) is 0 Å². The summed E-state index contributed by atoms with van der Waals surface area (Å²) in [7, 11) is 0. The van der Waals surface area contributed by atoms with E-state index in [0.717, 1.165) is 29.5 Å². The number of thiophene rings is 1. The lowest BCUT2D eigenvalue weighted by Crippen LogP contribution is -2.07. The second-order valence-corrected chi connectivity index (χ2v) is 6.88. The minimum Gasteiger partial charge on any atom is -0.410 e. The van der Waals surface area contributed by atoms with Crippen molar-refractivity contribution >= 4 is 34.6 Å². The van der Waals surface area contributed by atoms with Gasteiger partial charge in [0.1, 0.15) is 6.20 Å². The molecular weight excluding hydrogens is 352 g/mol. The van der Waals surface area contributed by atoms with Gasteiger partial charge in [-0.25, -0.2) is 4.98 Å². The molecule has 11 heteroatoms. The van der Waals surface area contributed by atoms with E-state index in [1.165, 1.54) is 17.5 Å². The molecule has 0 spiro atoms. The van der Waals surface area contributed by atoms with Gasteiger partial charge in [-0.05, 0) is 24.3 Å². The smallest absolute Gasteiger partial charge is 0.329 e. The molecule has 9 nitrogen and oxygen atoms in total. The fourth-order valence-corrected chi connectivity index (χ4v) is 3.14. The van der Waals surface area contributed by atoms with Crippen molar-refractivity contribution in [2.24, 2.45) is 0 Å². The normalized spacial score (nSPS) is 13.8. The van der Waals surface area contributed by atoms with Crippen LogP contribution in [0.1, 0.15) is 12.8 Å². The van der Waals surface area contributed by atoms with Crippen molar-refractivity contribution in [3.8, 4) is 10.8 Å². The zero-order chi connectivity index (χ0) is 16.5. The molecule has 122 valence electrons. The van der Waals surface area contributed by atoms with Crippen LogP contribution in [-0.4, -0.2) is 31.1 Å². The van der Waals surface area contributed by atoms with E-state index in [1.807, 2.05) is 17.5 Å². The molecule has 3 aromatic rings. The van der Waals surface area contributed by atoms with Crippen molar-refractivity contribution in [3.63, 3.8) is 0 Å². The summed E-state index contributed by atoms with van der Waals surface area (Å²) in [6.45, 7) is 0. The Hall–Kier alpha value is -2.53. The highest BCUT2D eigenvalue weighted by Gasteiger charge is 2.27. The molecule has 1 aliphatic rings. The summed E-state index contributed by atoms with van der Waals surface area (Å²) < 4.78 is 5.56. The van der Waals surface area contributed by atoms with Crippen molar-refractivity contribution in [1.82, 2.24) is 20.2 Å². The van der Waals surface area contributed by atoms with E-state index in [4.69, 9.17) is 4.42 Å². The van der Waals surface area contributed by atoms with Crippen LogP contribution in [0.3, 0.4) is 0 Å². The number of nitro groups is 1. The number of rotatable bonds is 6. The van der Waals surface area contributed by atoms with E-state index < -0.39 is 4.92 Å². The van der Waals surface area contributed by atoms with E-state index in [0.29, 0.717) is 11.0 Å². The quantitative estimate of drug-likeness (QED) is 0.400. The standard InChI is InChI=1S/C13H10N6O3S2/c20-19(21)8-6-14-12(16-10(8)15-7-3-4-7)24-13-18-17-11(22-13)9-2-1-5-23-9/h1-2,5-7H,3-4H2,(H,14,15,16). The Morgan fingerprint density at radius 1 is 1.42 bits per heavy atom. The predicted octanol–water partition coefficient (Wildman–Crippen LogP) is 3.22. The maximum absolute atomic E-state index is 11.1. The summed E-state index contributed by atoms with van der Waals surface area (Å²) in [5.41, 5.74) is -0.143. The third kappa shape index (κ3) is 3.21. The molecule has 0 atom stereocenters. The van der Waals surface area contributed by atoms with Gasteiger partial charge >= 0.3 is 5.69 Å². The van der Waals surface area contributed by atoms with Gasteiger partial charge in [-0.1, -0.05) is 6.07 Å². The molecule has 1 fully saturated rings. The van der Waals surface area contributed by atoms with E-state index >= 15 is 0 Å². The van der Waals surface area contributed by atoms with Gasteiger partial charge in [-0.15, -0.1) is 21.5 Å². The zero-order valence-corrected chi connectivity index (χ0v) is 13.7. The molecule has 4 rings (SSSR count). The van der Waals surface area contributed by atoms with Gasteiger partial charge in [0.15, 0.2) is 5.16 Å². The van der Waals surface area contributed by atoms with Gasteiger partial charge in [-0.2, -0.15) is 4.98 Å². The van der Waals surface area contributed by atoms with Crippen LogP contribution in [0.15, 0.2) is 38.5 Å². The Labute approximate surface area is 143 Å². The minimum atomic E-state index is -0.499. The number of hydrogen-bond acceptors (Lipinski definition) is 10. The first-order valence-corrected chi connectivity index (χ1v) is 8.72. The number of anilines is 1. The molecule has 0 unspecified atom stereocenters. The molecule has 24 heavy (non-hydrogen) atoms. The van der Waals surface area contributed by atoms with Crippen LogP contribution in [0.5, 0.6) is 0 Å². The van der Waals surface area contributed by atoms with E-state index in [9.17, 15) is 10.1 Å². The molecule has 0 aliphatic heterocycles. The molecular formula is C13H10N6O3S2. The highest BCUT2D eigenvalue weighted by Crippen LogP contribution is 2.33. The maximum Gasteiger partial charge on any atom is 0.329 e. The molecule has 1 aliphatic carbocycles. The molecule has 3 heterocycles. The van der Waals surface area contributed by atoms with Crippen molar-refractivity contribution in [2.45, 2.75) is 29.3 Å². The third-order valence-electron chi connectivity index (χ3n) is 3.18. The monoisotopic (exact) mass is 362 g/mol. The third-order valence-corrected chi connectivity index (χ3v) is 4.76. The molecule has 3 aromatic heterocycles. The van der Waals surface area contributed by atoms with Crippen molar-refractivity contribution in [2.75, 3.05) is 5.32 Å².